The van der Waals surface area contributed by atoms with Crippen molar-refractivity contribution in [3.63, 3.8) is 0 Å². The summed E-state index contributed by atoms with van der Waals surface area (Å²) in [7, 11) is 1.87. The van der Waals surface area contributed by atoms with Gasteiger partial charge in [0, 0.05) is 36.0 Å². The summed E-state index contributed by atoms with van der Waals surface area (Å²) in [6.07, 6.45) is 3.45. The van der Waals surface area contributed by atoms with Gasteiger partial charge >= 0.3 is 0 Å². The van der Waals surface area contributed by atoms with Crippen LogP contribution in [0.2, 0.25) is 5.02 Å². The van der Waals surface area contributed by atoms with Gasteiger partial charge in [-0.3, -0.25) is 14.5 Å². The number of fused-ring (bicyclic) bond motifs is 1. The fraction of sp³-hybridized carbons (Fsp3) is 0.160. The SMILES string of the molecule is Cn1nccc1NC1=NCc2ccc(-c3ccn([C@H](CO)c4cccc(Cl)c4)c(=O)c3)cc21. The molecule has 0 spiro atoms. The zero-order valence-electron chi connectivity index (χ0n) is 17.9. The number of aryl methyl sites for hydroxylation is 1. The van der Waals surface area contributed by atoms with Gasteiger partial charge in [0.2, 0.25) is 0 Å². The molecule has 0 saturated carbocycles. The van der Waals surface area contributed by atoms with E-state index < -0.39 is 6.04 Å². The molecule has 0 aliphatic carbocycles. The summed E-state index contributed by atoms with van der Waals surface area (Å²) in [5.41, 5.74) is 4.42. The molecule has 0 saturated heterocycles. The van der Waals surface area contributed by atoms with Gasteiger partial charge in [0.1, 0.15) is 11.7 Å². The number of anilines is 1. The fourth-order valence-corrected chi connectivity index (χ4v) is 4.28. The van der Waals surface area contributed by atoms with Crippen LogP contribution in [-0.4, -0.2) is 31.9 Å². The number of aliphatic imine (C=N–C) groups is 1. The third kappa shape index (κ3) is 4.08. The molecule has 0 amide bonds. The third-order valence-corrected chi connectivity index (χ3v) is 6.10. The van der Waals surface area contributed by atoms with Crippen LogP contribution in [0.1, 0.15) is 22.7 Å². The summed E-state index contributed by atoms with van der Waals surface area (Å²) >= 11 is 6.10. The summed E-state index contributed by atoms with van der Waals surface area (Å²) in [6, 6.07) is 18.1. The molecule has 0 unspecified atom stereocenters. The van der Waals surface area contributed by atoms with Crippen molar-refractivity contribution < 1.29 is 5.11 Å². The molecule has 166 valence electrons. The number of nitrogens with zero attached hydrogens (tertiary/aromatic N) is 4. The molecule has 7 nitrogen and oxygen atoms in total. The average Bonchev–Trinajstić information content (AvgIpc) is 3.41. The van der Waals surface area contributed by atoms with Gasteiger partial charge in [0.25, 0.3) is 5.56 Å². The van der Waals surface area contributed by atoms with Crippen molar-refractivity contribution in [2.75, 3.05) is 11.9 Å². The van der Waals surface area contributed by atoms with Crippen LogP contribution < -0.4 is 10.9 Å². The lowest BCUT2D eigenvalue weighted by molar-refractivity contribution is 0.247. The van der Waals surface area contributed by atoms with Crippen LogP contribution in [-0.2, 0) is 13.6 Å². The lowest BCUT2D eigenvalue weighted by atomic mass is 10.00. The Balaban J connectivity index is 1.46. The van der Waals surface area contributed by atoms with Gasteiger partial charge in [-0.05, 0) is 46.5 Å². The second-order valence-electron chi connectivity index (χ2n) is 7.92. The summed E-state index contributed by atoms with van der Waals surface area (Å²) in [5, 5.41) is 18.0. The maximum Gasteiger partial charge on any atom is 0.251 e. The summed E-state index contributed by atoms with van der Waals surface area (Å²) in [4.78, 5) is 17.6. The summed E-state index contributed by atoms with van der Waals surface area (Å²) < 4.78 is 3.28. The molecule has 2 N–H and O–H groups in total. The van der Waals surface area contributed by atoms with Gasteiger partial charge in [-0.1, -0.05) is 35.9 Å². The minimum Gasteiger partial charge on any atom is -0.394 e. The van der Waals surface area contributed by atoms with Crippen molar-refractivity contribution in [2.45, 2.75) is 12.6 Å². The van der Waals surface area contributed by atoms with Crippen LogP contribution >= 0.6 is 11.6 Å². The van der Waals surface area contributed by atoms with Crippen molar-refractivity contribution in [1.29, 1.82) is 0 Å². The molecule has 2 aromatic carbocycles. The van der Waals surface area contributed by atoms with Crippen LogP contribution in [0.5, 0.6) is 0 Å². The number of benzene rings is 2. The first-order valence-electron chi connectivity index (χ1n) is 10.5. The van der Waals surface area contributed by atoms with Crippen molar-refractivity contribution in [3.8, 4) is 11.1 Å². The molecule has 8 heteroatoms. The number of rotatable bonds is 5. The normalized spacial score (nSPS) is 13.5. The van der Waals surface area contributed by atoms with Crippen LogP contribution in [0.4, 0.5) is 5.82 Å². The van der Waals surface area contributed by atoms with Gasteiger partial charge in [-0.15, -0.1) is 0 Å². The molecule has 2 aromatic heterocycles. The molecule has 33 heavy (non-hydrogen) atoms. The van der Waals surface area contributed by atoms with E-state index in [0.717, 1.165) is 39.5 Å². The number of hydrogen-bond acceptors (Lipinski definition) is 5. The number of pyridine rings is 1. The van der Waals surface area contributed by atoms with Crippen molar-refractivity contribution >= 4 is 23.3 Å². The number of hydrogen-bond donors (Lipinski definition) is 2. The molecule has 5 rings (SSSR count). The van der Waals surface area contributed by atoms with E-state index in [1.54, 1.807) is 35.3 Å². The monoisotopic (exact) mass is 459 g/mol. The Labute approximate surface area is 195 Å². The number of aliphatic hydroxyl groups excluding tert-OH is 1. The van der Waals surface area contributed by atoms with Gasteiger partial charge in [0.15, 0.2) is 0 Å². The molecule has 1 atom stereocenters. The average molecular weight is 460 g/mol. The number of nitrogens with one attached hydrogen (secondary N) is 1. The Morgan fingerprint density at radius 1 is 1.12 bits per heavy atom. The van der Waals surface area contributed by atoms with Gasteiger partial charge < -0.3 is 15.0 Å². The van der Waals surface area contributed by atoms with E-state index in [4.69, 9.17) is 11.6 Å². The summed E-state index contributed by atoms with van der Waals surface area (Å²) in [5.74, 6) is 1.63. The highest BCUT2D eigenvalue weighted by Crippen LogP contribution is 2.27. The van der Waals surface area contributed by atoms with E-state index >= 15 is 0 Å². The highest BCUT2D eigenvalue weighted by Gasteiger charge is 2.19. The molecule has 0 fully saturated rings. The zero-order valence-corrected chi connectivity index (χ0v) is 18.7. The molecule has 1 aliphatic rings. The molecular formula is C25H22ClN5O2. The second-order valence-corrected chi connectivity index (χ2v) is 8.35. The smallest absolute Gasteiger partial charge is 0.251 e. The first kappa shape index (κ1) is 21.2. The quantitative estimate of drug-likeness (QED) is 0.474. The fourth-order valence-electron chi connectivity index (χ4n) is 4.08. The first-order chi connectivity index (χ1) is 16.0. The zero-order chi connectivity index (χ0) is 22.9. The van der Waals surface area contributed by atoms with Gasteiger partial charge in [-0.25, -0.2) is 0 Å². The maximum atomic E-state index is 13.0. The number of amidine groups is 1. The van der Waals surface area contributed by atoms with Crippen molar-refractivity contribution in [3.05, 3.63) is 105 Å². The second kappa shape index (κ2) is 8.69. The van der Waals surface area contributed by atoms with E-state index in [1.807, 2.05) is 49.5 Å². The number of aliphatic hydroxyl groups is 1. The predicted molar refractivity (Wildman–Crippen MR) is 130 cm³/mol. The standard InChI is InChI=1S/C25H22ClN5O2/c1-30-23(7-9-28-30)29-25-21-12-16(5-6-19(21)14-27-25)17-8-10-31(24(33)13-17)22(15-32)18-3-2-4-20(26)11-18/h2-13,22,32H,14-15H2,1H3,(H,27,29)/t22-/m1/s1. The van der Waals surface area contributed by atoms with Crippen LogP contribution in [0, 0.1) is 0 Å². The first-order valence-corrected chi connectivity index (χ1v) is 10.9. The van der Waals surface area contributed by atoms with Gasteiger partial charge in [-0.2, -0.15) is 5.10 Å². The molecule has 3 heterocycles. The lowest BCUT2D eigenvalue weighted by Crippen LogP contribution is -2.26. The third-order valence-electron chi connectivity index (χ3n) is 5.86. The van der Waals surface area contributed by atoms with Crippen molar-refractivity contribution in [2.24, 2.45) is 12.0 Å². The highest BCUT2D eigenvalue weighted by atomic mass is 35.5. The van der Waals surface area contributed by atoms with E-state index in [-0.39, 0.29) is 12.2 Å². The van der Waals surface area contributed by atoms with E-state index in [0.29, 0.717) is 11.6 Å². The van der Waals surface area contributed by atoms with Crippen LogP contribution in [0.3, 0.4) is 0 Å². The Bertz CT molecular complexity index is 1420. The minimum atomic E-state index is -0.507. The van der Waals surface area contributed by atoms with Crippen LogP contribution in [0.15, 0.2) is 82.8 Å². The van der Waals surface area contributed by atoms with Crippen LogP contribution in [0.25, 0.3) is 11.1 Å². The molecule has 0 radical (unpaired) electrons. The van der Waals surface area contributed by atoms with E-state index in [9.17, 15) is 9.90 Å². The van der Waals surface area contributed by atoms with E-state index in [2.05, 4.69) is 15.4 Å². The Morgan fingerprint density at radius 3 is 2.70 bits per heavy atom. The number of halogens is 1. The minimum absolute atomic E-state index is 0.200. The molecule has 0 bridgehead atoms. The Hall–Kier alpha value is -3.68. The molecule has 4 aromatic rings. The Morgan fingerprint density at radius 2 is 1.97 bits per heavy atom. The number of aromatic nitrogens is 3. The lowest BCUT2D eigenvalue weighted by Gasteiger charge is -2.19. The molecule has 1 aliphatic heterocycles. The largest absolute Gasteiger partial charge is 0.394 e. The molecular weight excluding hydrogens is 438 g/mol. The highest BCUT2D eigenvalue weighted by molar-refractivity contribution is 6.30. The predicted octanol–water partition coefficient (Wildman–Crippen LogP) is 3.86. The van der Waals surface area contributed by atoms with Gasteiger partial charge in [0.05, 0.1) is 25.4 Å². The topological polar surface area (TPSA) is 84.4 Å². The summed E-state index contributed by atoms with van der Waals surface area (Å²) in [6.45, 7) is 0.396. The van der Waals surface area contributed by atoms with E-state index in [1.165, 1.54) is 4.57 Å². The van der Waals surface area contributed by atoms with Crippen molar-refractivity contribution in [1.82, 2.24) is 14.3 Å². The Kier molecular flexibility index (Phi) is 5.58. The maximum absolute atomic E-state index is 13.0.